The van der Waals surface area contributed by atoms with Crippen molar-refractivity contribution in [2.75, 3.05) is 0 Å². The van der Waals surface area contributed by atoms with E-state index in [1.54, 1.807) is 5.37 Å². The van der Waals surface area contributed by atoms with Gasteiger partial charge in [-0.05, 0) is 17.4 Å². The van der Waals surface area contributed by atoms with Gasteiger partial charge < -0.3 is 0 Å². The molecule has 0 heterocycles. The zero-order valence-corrected chi connectivity index (χ0v) is 9.20. The predicted molar refractivity (Wildman–Crippen MR) is 66.2 cm³/mol. The van der Waals surface area contributed by atoms with Crippen LogP contribution < -0.4 is 0 Å². The van der Waals surface area contributed by atoms with Crippen LogP contribution in [0.1, 0.15) is 31.4 Å². The van der Waals surface area contributed by atoms with Crippen LogP contribution in [0.2, 0.25) is 0 Å². The Morgan fingerprint density at radius 1 is 1.36 bits per heavy atom. The third-order valence-corrected chi connectivity index (χ3v) is 2.25. The molecule has 0 fully saturated rings. The molecule has 1 rings (SSSR count). The highest BCUT2D eigenvalue weighted by atomic mass is 32.1. The van der Waals surface area contributed by atoms with Gasteiger partial charge in [-0.15, -0.1) is 0 Å². The van der Waals surface area contributed by atoms with E-state index in [-0.39, 0.29) is 6.04 Å². The Balaban J connectivity index is 2.67. The van der Waals surface area contributed by atoms with Gasteiger partial charge in [-0.3, -0.25) is 4.99 Å². The van der Waals surface area contributed by atoms with Gasteiger partial charge in [0.1, 0.15) is 0 Å². The van der Waals surface area contributed by atoms with Crippen molar-refractivity contribution in [1.82, 2.24) is 0 Å². The van der Waals surface area contributed by atoms with Crippen LogP contribution in [0, 0.1) is 0 Å². The fourth-order valence-corrected chi connectivity index (χ4v) is 1.42. The first kappa shape index (κ1) is 11.1. The summed E-state index contributed by atoms with van der Waals surface area (Å²) in [6.07, 6.45) is 3.70. The Morgan fingerprint density at radius 3 is 2.64 bits per heavy atom. The number of hydrogen-bond acceptors (Lipinski definition) is 2. The minimum Gasteiger partial charge on any atom is -0.289 e. The first-order chi connectivity index (χ1) is 6.88. The van der Waals surface area contributed by atoms with E-state index in [1.165, 1.54) is 5.56 Å². The summed E-state index contributed by atoms with van der Waals surface area (Å²) in [5.41, 5.74) is 1.27. The van der Waals surface area contributed by atoms with Crippen molar-refractivity contribution in [3.05, 3.63) is 35.9 Å². The van der Waals surface area contributed by atoms with E-state index < -0.39 is 0 Å². The first-order valence-electron chi connectivity index (χ1n) is 4.88. The molecule has 1 nitrogen and oxygen atoms in total. The van der Waals surface area contributed by atoms with E-state index in [4.69, 9.17) is 12.2 Å². The van der Waals surface area contributed by atoms with Crippen molar-refractivity contribution in [3.8, 4) is 0 Å². The molecule has 14 heavy (non-hydrogen) atoms. The molecule has 0 saturated carbocycles. The second-order valence-corrected chi connectivity index (χ2v) is 3.40. The van der Waals surface area contributed by atoms with E-state index >= 15 is 0 Å². The van der Waals surface area contributed by atoms with Crippen LogP contribution in [-0.2, 0) is 0 Å². The van der Waals surface area contributed by atoms with Crippen LogP contribution in [0.15, 0.2) is 35.3 Å². The number of benzene rings is 1. The number of hydrogen-bond donors (Lipinski definition) is 0. The minimum absolute atomic E-state index is 0.283. The molecule has 1 atom stereocenters. The number of nitrogens with zero attached hydrogens (tertiary/aromatic N) is 1. The van der Waals surface area contributed by atoms with Crippen molar-refractivity contribution in [2.24, 2.45) is 4.99 Å². The second-order valence-electron chi connectivity index (χ2n) is 3.07. The molecule has 0 saturated heterocycles. The average Bonchev–Trinajstić information content (AvgIpc) is 2.26. The molecule has 1 aromatic rings. The van der Waals surface area contributed by atoms with Crippen molar-refractivity contribution < 1.29 is 0 Å². The van der Waals surface area contributed by atoms with Crippen LogP contribution in [0.3, 0.4) is 0 Å². The van der Waals surface area contributed by atoms with Crippen LogP contribution in [0.5, 0.6) is 0 Å². The highest BCUT2D eigenvalue weighted by Crippen LogP contribution is 2.19. The zero-order valence-electron chi connectivity index (χ0n) is 8.39. The van der Waals surface area contributed by atoms with Gasteiger partial charge in [0.25, 0.3) is 0 Å². The molecule has 0 aliphatic heterocycles. The van der Waals surface area contributed by atoms with E-state index in [9.17, 15) is 0 Å². The lowest BCUT2D eigenvalue weighted by Gasteiger charge is -2.09. The van der Waals surface area contributed by atoms with Crippen molar-refractivity contribution in [1.29, 1.82) is 0 Å². The third kappa shape index (κ3) is 3.38. The SMILES string of the molecule is CCC(N=CCC=S)c1ccccc1. The zero-order chi connectivity index (χ0) is 10.2. The summed E-state index contributed by atoms with van der Waals surface area (Å²) in [6, 6.07) is 10.6. The summed E-state index contributed by atoms with van der Waals surface area (Å²) in [4.78, 5) is 4.48. The molecule has 2 heteroatoms. The average molecular weight is 205 g/mol. The van der Waals surface area contributed by atoms with Crippen LogP contribution in [-0.4, -0.2) is 11.6 Å². The molecule has 0 aliphatic carbocycles. The van der Waals surface area contributed by atoms with Crippen molar-refractivity contribution in [3.63, 3.8) is 0 Å². The number of rotatable bonds is 5. The molecular weight excluding hydrogens is 190 g/mol. The summed E-state index contributed by atoms with van der Waals surface area (Å²) < 4.78 is 0. The Kier molecular flexibility index (Phi) is 5.08. The Labute approximate surface area is 90.9 Å². The molecule has 0 aliphatic rings. The van der Waals surface area contributed by atoms with Gasteiger partial charge in [-0.25, -0.2) is 0 Å². The summed E-state index contributed by atoms with van der Waals surface area (Å²) >= 11 is 4.74. The monoisotopic (exact) mass is 205 g/mol. The fourth-order valence-electron chi connectivity index (χ4n) is 1.33. The van der Waals surface area contributed by atoms with Crippen LogP contribution in [0.4, 0.5) is 0 Å². The van der Waals surface area contributed by atoms with Gasteiger partial charge in [0.2, 0.25) is 0 Å². The maximum Gasteiger partial charge on any atom is 0.0742 e. The molecular formula is C12H15NS. The maximum atomic E-state index is 4.74. The van der Waals surface area contributed by atoms with Gasteiger partial charge in [0.05, 0.1) is 6.04 Å². The highest BCUT2D eigenvalue weighted by molar-refractivity contribution is 7.79. The molecule has 0 bridgehead atoms. The van der Waals surface area contributed by atoms with Crippen molar-refractivity contribution in [2.45, 2.75) is 25.8 Å². The lowest BCUT2D eigenvalue weighted by Crippen LogP contribution is -1.93. The molecule has 0 aromatic heterocycles. The lowest BCUT2D eigenvalue weighted by atomic mass is 10.1. The Hall–Kier alpha value is -1.02. The first-order valence-corrected chi connectivity index (χ1v) is 5.35. The molecule has 1 aromatic carbocycles. The van der Waals surface area contributed by atoms with E-state index in [1.807, 2.05) is 24.4 Å². The molecule has 0 spiro atoms. The normalized spacial score (nSPS) is 12.9. The van der Waals surface area contributed by atoms with Gasteiger partial charge in [-0.1, -0.05) is 49.5 Å². The largest absolute Gasteiger partial charge is 0.289 e. The molecule has 74 valence electrons. The maximum absolute atomic E-state index is 4.74. The van der Waals surface area contributed by atoms with E-state index in [2.05, 4.69) is 24.0 Å². The van der Waals surface area contributed by atoms with Gasteiger partial charge in [0.15, 0.2) is 0 Å². The predicted octanol–water partition coefficient (Wildman–Crippen LogP) is 3.60. The van der Waals surface area contributed by atoms with Gasteiger partial charge in [-0.2, -0.15) is 0 Å². The second kappa shape index (κ2) is 6.44. The molecule has 1 unspecified atom stereocenters. The summed E-state index contributed by atoms with van der Waals surface area (Å²) in [5, 5.41) is 1.70. The lowest BCUT2D eigenvalue weighted by molar-refractivity contribution is 0.703. The van der Waals surface area contributed by atoms with Gasteiger partial charge >= 0.3 is 0 Å². The minimum atomic E-state index is 0.283. The van der Waals surface area contributed by atoms with E-state index in [0.29, 0.717) is 0 Å². The number of aliphatic imine (C=N–C) groups is 1. The van der Waals surface area contributed by atoms with Crippen LogP contribution in [0.25, 0.3) is 0 Å². The third-order valence-electron chi connectivity index (χ3n) is 2.06. The summed E-state index contributed by atoms with van der Waals surface area (Å²) in [6.45, 7) is 2.15. The Bertz CT molecular complexity index is 292. The smallest absolute Gasteiger partial charge is 0.0742 e. The van der Waals surface area contributed by atoms with Crippen molar-refractivity contribution >= 4 is 23.8 Å². The van der Waals surface area contributed by atoms with Gasteiger partial charge in [0, 0.05) is 12.6 Å². The number of thiocarbonyl (C=S) groups is 1. The van der Waals surface area contributed by atoms with E-state index in [0.717, 1.165) is 12.8 Å². The quantitative estimate of drug-likeness (QED) is 0.528. The highest BCUT2D eigenvalue weighted by Gasteiger charge is 2.04. The molecule has 0 N–H and O–H groups in total. The fraction of sp³-hybridized carbons (Fsp3) is 0.333. The van der Waals surface area contributed by atoms with Crippen LogP contribution >= 0.6 is 12.2 Å². The Morgan fingerprint density at radius 2 is 2.07 bits per heavy atom. The topological polar surface area (TPSA) is 12.4 Å². The molecule has 0 radical (unpaired) electrons. The molecule has 0 amide bonds. The summed E-state index contributed by atoms with van der Waals surface area (Å²) in [5.74, 6) is 0. The summed E-state index contributed by atoms with van der Waals surface area (Å²) in [7, 11) is 0. The standard InChI is InChI=1S/C12H15NS/c1-2-12(13-9-6-10-14)11-7-4-3-5-8-11/h3-5,7-10,12H,2,6H2,1H3.